The Morgan fingerprint density at radius 1 is 1.11 bits per heavy atom. The number of nitrogens with zero attached hydrogens (tertiary/aromatic N) is 2. The molecule has 0 aliphatic carbocycles. The molecule has 2 aromatic carbocycles. The molecule has 1 aliphatic rings. The summed E-state index contributed by atoms with van der Waals surface area (Å²) in [6.45, 7) is 0.964. The smallest absolute Gasteiger partial charge is 0.289 e. The lowest BCUT2D eigenvalue weighted by Crippen LogP contribution is -2.31. The fraction of sp³-hybridized carbons (Fsp3) is 0.278. The number of hydrogen-bond donors (Lipinski definition) is 1. The molecule has 2 aromatic rings. The number of rotatable bonds is 7. The maximum absolute atomic E-state index is 12.5. The molecule has 27 heavy (non-hydrogen) atoms. The second-order valence-corrected chi connectivity index (χ2v) is 8.14. The molecule has 0 aromatic heterocycles. The number of carbonyl (C=O) groups is 1. The molecule has 1 unspecified atom stereocenters. The Morgan fingerprint density at radius 2 is 1.78 bits per heavy atom. The summed E-state index contributed by atoms with van der Waals surface area (Å²) >= 11 is 0. The zero-order valence-electron chi connectivity index (χ0n) is 14.4. The molecule has 3 rings (SSSR count). The molecule has 0 bridgehead atoms. The second kappa shape index (κ2) is 7.85. The van der Waals surface area contributed by atoms with Crippen molar-refractivity contribution in [3.63, 3.8) is 0 Å². The van der Waals surface area contributed by atoms with Crippen LogP contribution in [0.4, 0.5) is 5.69 Å². The van der Waals surface area contributed by atoms with Crippen LogP contribution in [0.2, 0.25) is 0 Å². The van der Waals surface area contributed by atoms with Crippen molar-refractivity contribution in [3.05, 3.63) is 70.3 Å². The standard InChI is InChI=1S/C18H19N3O5S/c22-18-10-15(13-20(18)12-14-6-2-1-3-7-14)11-19-27(25,26)17-9-5-4-8-16(17)21(23)24/h1-9,15,19H,10-13H2. The Hall–Kier alpha value is -2.78. The molecule has 9 heteroatoms. The van der Waals surface area contributed by atoms with Gasteiger partial charge in [-0.3, -0.25) is 14.9 Å². The molecule has 0 spiro atoms. The zero-order valence-corrected chi connectivity index (χ0v) is 15.3. The number of para-hydroxylation sites is 1. The molecule has 1 N–H and O–H groups in total. The molecular weight excluding hydrogens is 370 g/mol. The summed E-state index contributed by atoms with van der Waals surface area (Å²) in [5.74, 6) is -0.215. The summed E-state index contributed by atoms with van der Waals surface area (Å²) in [6.07, 6.45) is 0.242. The highest BCUT2D eigenvalue weighted by atomic mass is 32.2. The Kier molecular flexibility index (Phi) is 5.52. The van der Waals surface area contributed by atoms with Crippen molar-refractivity contribution in [2.24, 2.45) is 5.92 Å². The number of hydrogen-bond acceptors (Lipinski definition) is 5. The first-order valence-electron chi connectivity index (χ1n) is 8.41. The number of nitro groups is 1. The number of nitrogens with one attached hydrogen (secondary N) is 1. The van der Waals surface area contributed by atoms with E-state index >= 15 is 0 Å². The Labute approximate surface area is 157 Å². The summed E-state index contributed by atoms with van der Waals surface area (Å²) < 4.78 is 27.3. The molecule has 0 saturated carbocycles. The summed E-state index contributed by atoms with van der Waals surface area (Å²) in [4.78, 5) is 23.8. The third kappa shape index (κ3) is 4.50. The third-order valence-corrected chi connectivity index (χ3v) is 5.90. The van der Waals surface area contributed by atoms with Crippen molar-refractivity contribution in [2.75, 3.05) is 13.1 Å². The van der Waals surface area contributed by atoms with Crippen LogP contribution >= 0.6 is 0 Å². The van der Waals surface area contributed by atoms with Crippen LogP contribution in [0, 0.1) is 16.0 Å². The molecule has 1 fully saturated rings. The van der Waals surface area contributed by atoms with Crippen LogP contribution in [0.25, 0.3) is 0 Å². The minimum Gasteiger partial charge on any atom is -0.338 e. The summed E-state index contributed by atoms with van der Waals surface area (Å²) in [7, 11) is -4.04. The average molecular weight is 389 g/mol. The van der Waals surface area contributed by atoms with Crippen LogP contribution in [0.5, 0.6) is 0 Å². The quantitative estimate of drug-likeness (QED) is 0.575. The van der Waals surface area contributed by atoms with Gasteiger partial charge >= 0.3 is 0 Å². The van der Waals surface area contributed by atoms with E-state index in [0.29, 0.717) is 13.1 Å². The fourth-order valence-electron chi connectivity index (χ4n) is 3.09. The summed E-state index contributed by atoms with van der Waals surface area (Å²) in [5, 5.41) is 11.1. The van der Waals surface area contributed by atoms with Crippen LogP contribution in [0.1, 0.15) is 12.0 Å². The van der Waals surface area contributed by atoms with Gasteiger partial charge < -0.3 is 4.90 Å². The van der Waals surface area contributed by atoms with E-state index in [1.54, 1.807) is 4.90 Å². The van der Waals surface area contributed by atoms with E-state index in [-0.39, 0.29) is 29.7 Å². The molecule has 1 heterocycles. The van der Waals surface area contributed by atoms with Gasteiger partial charge in [0.25, 0.3) is 5.69 Å². The van der Waals surface area contributed by atoms with Gasteiger partial charge in [0.2, 0.25) is 15.9 Å². The average Bonchev–Trinajstić information content (AvgIpc) is 3.00. The number of amides is 1. The predicted molar refractivity (Wildman–Crippen MR) is 98.3 cm³/mol. The van der Waals surface area contributed by atoms with E-state index in [4.69, 9.17) is 0 Å². The van der Waals surface area contributed by atoms with Gasteiger partial charge in [-0.15, -0.1) is 0 Å². The number of likely N-dealkylation sites (tertiary alicyclic amines) is 1. The summed E-state index contributed by atoms with van der Waals surface area (Å²) in [6, 6.07) is 14.7. The Balaban J connectivity index is 1.63. The number of carbonyl (C=O) groups excluding carboxylic acids is 1. The van der Waals surface area contributed by atoms with Crippen molar-refractivity contribution >= 4 is 21.6 Å². The van der Waals surface area contributed by atoms with Crippen molar-refractivity contribution < 1.29 is 18.1 Å². The van der Waals surface area contributed by atoms with Crippen LogP contribution < -0.4 is 4.72 Å². The SMILES string of the molecule is O=C1CC(CNS(=O)(=O)c2ccccc2[N+](=O)[O-])CN1Cc1ccccc1. The van der Waals surface area contributed by atoms with E-state index in [2.05, 4.69) is 4.72 Å². The summed E-state index contributed by atoms with van der Waals surface area (Å²) in [5.41, 5.74) is 0.533. The molecule has 1 saturated heterocycles. The van der Waals surface area contributed by atoms with Gasteiger partial charge in [0.15, 0.2) is 4.90 Å². The van der Waals surface area contributed by atoms with Gasteiger partial charge in [0.1, 0.15) is 0 Å². The van der Waals surface area contributed by atoms with Gasteiger partial charge in [-0.05, 0) is 17.5 Å². The maximum Gasteiger partial charge on any atom is 0.289 e. The van der Waals surface area contributed by atoms with Crippen LogP contribution in [-0.4, -0.2) is 37.2 Å². The minimum atomic E-state index is -4.04. The van der Waals surface area contributed by atoms with E-state index in [9.17, 15) is 23.3 Å². The van der Waals surface area contributed by atoms with E-state index < -0.39 is 20.6 Å². The Bertz CT molecular complexity index is 946. The predicted octanol–water partition coefficient (Wildman–Crippen LogP) is 1.92. The lowest BCUT2D eigenvalue weighted by molar-refractivity contribution is -0.387. The maximum atomic E-state index is 12.5. The topological polar surface area (TPSA) is 110 Å². The van der Waals surface area contributed by atoms with Crippen molar-refractivity contribution in [1.82, 2.24) is 9.62 Å². The lowest BCUT2D eigenvalue weighted by Gasteiger charge is -2.17. The highest BCUT2D eigenvalue weighted by molar-refractivity contribution is 7.89. The first-order valence-corrected chi connectivity index (χ1v) is 9.90. The largest absolute Gasteiger partial charge is 0.338 e. The van der Waals surface area contributed by atoms with E-state index in [0.717, 1.165) is 11.6 Å². The molecule has 1 amide bonds. The number of sulfonamides is 1. The zero-order chi connectivity index (χ0) is 19.4. The number of nitro benzene ring substituents is 1. The molecular formula is C18H19N3O5S. The van der Waals surface area contributed by atoms with Gasteiger partial charge in [-0.25, -0.2) is 13.1 Å². The third-order valence-electron chi connectivity index (χ3n) is 4.42. The van der Waals surface area contributed by atoms with E-state index in [1.165, 1.54) is 18.2 Å². The van der Waals surface area contributed by atoms with Gasteiger partial charge in [0.05, 0.1) is 4.92 Å². The first-order chi connectivity index (χ1) is 12.9. The minimum absolute atomic E-state index is 0.0336. The van der Waals surface area contributed by atoms with Crippen molar-refractivity contribution in [3.8, 4) is 0 Å². The van der Waals surface area contributed by atoms with Crippen LogP contribution in [0.3, 0.4) is 0 Å². The molecule has 1 atom stereocenters. The van der Waals surface area contributed by atoms with Gasteiger partial charge in [0, 0.05) is 32.1 Å². The van der Waals surface area contributed by atoms with Crippen LogP contribution in [-0.2, 0) is 21.4 Å². The highest BCUT2D eigenvalue weighted by Crippen LogP contribution is 2.24. The fourth-order valence-corrected chi connectivity index (χ4v) is 4.37. The molecule has 1 aliphatic heterocycles. The monoisotopic (exact) mass is 389 g/mol. The van der Waals surface area contributed by atoms with E-state index in [1.807, 2.05) is 30.3 Å². The second-order valence-electron chi connectivity index (χ2n) is 6.41. The highest BCUT2D eigenvalue weighted by Gasteiger charge is 2.32. The molecule has 8 nitrogen and oxygen atoms in total. The van der Waals surface area contributed by atoms with Crippen molar-refractivity contribution in [1.29, 1.82) is 0 Å². The van der Waals surface area contributed by atoms with Gasteiger partial charge in [-0.1, -0.05) is 42.5 Å². The van der Waals surface area contributed by atoms with Gasteiger partial charge in [-0.2, -0.15) is 0 Å². The number of benzene rings is 2. The lowest BCUT2D eigenvalue weighted by atomic mass is 10.1. The first kappa shape index (κ1) is 19.0. The Morgan fingerprint density at radius 3 is 2.48 bits per heavy atom. The van der Waals surface area contributed by atoms with Crippen LogP contribution in [0.15, 0.2) is 59.5 Å². The normalized spacial score (nSPS) is 17.3. The van der Waals surface area contributed by atoms with Crippen molar-refractivity contribution in [2.45, 2.75) is 17.9 Å². The molecule has 0 radical (unpaired) electrons. The molecule has 142 valence electrons.